The number of unbranched alkanes of at least 4 members (excludes halogenated alkanes) is 1. The molecule has 106 valence electrons. The van der Waals surface area contributed by atoms with Gasteiger partial charge in [0, 0.05) is 6.61 Å². The minimum atomic E-state index is -0.868. The fourth-order valence-corrected chi connectivity index (χ4v) is 2.25. The molecule has 1 unspecified atom stereocenters. The Labute approximate surface area is 110 Å². The lowest BCUT2D eigenvalue weighted by Crippen LogP contribution is -2.34. The third kappa shape index (κ3) is 5.83. The summed E-state index contributed by atoms with van der Waals surface area (Å²) >= 11 is 0. The number of hydrogen-bond acceptors (Lipinski definition) is 3. The van der Waals surface area contributed by atoms with Crippen molar-refractivity contribution in [2.24, 2.45) is 5.92 Å². The monoisotopic (exact) mass is 258 g/mol. The van der Waals surface area contributed by atoms with Gasteiger partial charge in [-0.15, -0.1) is 0 Å². The fourth-order valence-electron chi connectivity index (χ4n) is 2.25. The lowest BCUT2D eigenvalue weighted by atomic mass is 9.97. The zero-order valence-corrected chi connectivity index (χ0v) is 11.6. The summed E-state index contributed by atoms with van der Waals surface area (Å²) in [5, 5.41) is 9.20. The minimum Gasteiger partial charge on any atom is -0.479 e. The van der Waals surface area contributed by atoms with Crippen LogP contribution in [0.5, 0.6) is 0 Å². The number of hydrogen-bond donors (Lipinski definition) is 1. The summed E-state index contributed by atoms with van der Waals surface area (Å²) in [6.45, 7) is 4.92. The van der Waals surface area contributed by atoms with E-state index < -0.39 is 12.1 Å². The molecule has 0 aliphatic carbocycles. The van der Waals surface area contributed by atoms with E-state index in [-0.39, 0.29) is 6.29 Å². The molecule has 1 fully saturated rings. The van der Waals surface area contributed by atoms with Gasteiger partial charge in [0.25, 0.3) is 0 Å². The van der Waals surface area contributed by atoms with Crippen LogP contribution in [-0.2, 0) is 14.3 Å². The van der Waals surface area contributed by atoms with Crippen molar-refractivity contribution in [3.05, 3.63) is 0 Å². The molecule has 1 N–H and O–H groups in total. The van der Waals surface area contributed by atoms with Crippen LogP contribution in [0.15, 0.2) is 0 Å². The van der Waals surface area contributed by atoms with Gasteiger partial charge in [-0.1, -0.05) is 33.1 Å². The van der Waals surface area contributed by atoms with Crippen molar-refractivity contribution in [1.29, 1.82) is 0 Å². The van der Waals surface area contributed by atoms with E-state index in [0.29, 0.717) is 18.9 Å². The molecule has 3 atom stereocenters. The van der Waals surface area contributed by atoms with Crippen molar-refractivity contribution in [2.45, 2.75) is 71.2 Å². The lowest BCUT2D eigenvalue weighted by Gasteiger charge is -2.27. The van der Waals surface area contributed by atoms with Crippen molar-refractivity contribution in [3.8, 4) is 0 Å². The van der Waals surface area contributed by atoms with E-state index in [9.17, 15) is 9.90 Å². The van der Waals surface area contributed by atoms with Gasteiger partial charge in [-0.2, -0.15) is 0 Å². The molecule has 0 radical (unpaired) electrons. The van der Waals surface area contributed by atoms with Gasteiger partial charge >= 0.3 is 5.97 Å². The molecule has 1 saturated heterocycles. The summed E-state index contributed by atoms with van der Waals surface area (Å²) in [6.07, 6.45) is 5.81. The third-order valence-corrected chi connectivity index (χ3v) is 3.40. The minimum absolute atomic E-state index is 0.321. The molecule has 0 bridgehead atoms. The van der Waals surface area contributed by atoms with E-state index in [2.05, 4.69) is 13.8 Å². The van der Waals surface area contributed by atoms with Crippen molar-refractivity contribution in [1.82, 2.24) is 0 Å². The Morgan fingerprint density at radius 1 is 1.50 bits per heavy atom. The van der Waals surface area contributed by atoms with Gasteiger partial charge in [-0.25, -0.2) is 4.79 Å². The molecule has 0 aromatic carbocycles. The van der Waals surface area contributed by atoms with E-state index in [4.69, 9.17) is 9.47 Å². The molecule has 0 amide bonds. The van der Waals surface area contributed by atoms with Crippen LogP contribution >= 0.6 is 0 Å². The Kier molecular flexibility index (Phi) is 7.28. The summed E-state index contributed by atoms with van der Waals surface area (Å²) in [5.41, 5.74) is 0. The highest BCUT2D eigenvalue weighted by molar-refractivity contribution is 5.72. The van der Waals surface area contributed by atoms with Gasteiger partial charge in [-0.3, -0.25) is 0 Å². The molecule has 0 aromatic heterocycles. The molecule has 0 spiro atoms. The zero-order valence-electron chi connectivity index (χ0n) is 11.6. The van der Waals surface area contributed by atoms with Crippen LogP contribution in [0.3, 0.4) is 0 Å². The number of carboxylic acids is 1. The van der Waals surface area contributed by atoms with Gasteiger partial charge in [0.2, 0.25) is 0 Å². The number of rotatable bonds is 8. The number of carbonyl (C=O) groups is 1. The summed E-state index contributed by atoms with van der Waals surface area (Å²) in [6, 6.07) is 0. The van der Waals surface area contributed by atoms with E-state index in [1.54, 1.807) is 0 Å². The van der Waals surface area contributed by atoms with Crippen LogP contribution in [0.25, 0.3) is 0 Å². The van der Waals surface area contributed by atoms with Gasteiger partial charge in [-0.05, 0) is 31.6 Å². The van der Waals surface area contributed by atoms with E-state index >= 15 is 0 Å². The summed E-state index contributed by atoms with van der Waals surface area (Å²) in [5.74, 6) is -0.484. The van der Waals surface area contributed by atoms with Crippen LogP contribution in [0.2, 0.25) is 0 Å². The normalized spacial score (nSPS) is 23.6. The van der Waals surface area contributed by atoms with Crippen molar-refractivity contribution in [2.75, 3.05) is 6.61 Å². The fraction of sp³-hybridized carbons (Fsp3) is 0.929. The van der Waals surface area contributed by atoms with Crippen LogP contribution in [0.1, 0.15) is 58.8 Å². The molecule has 18 heavy (non-hydrogen) atoms. The van der Waals surface area contributed by atoms with Crippen molar-refractivity contribution >= 4 is 5.97 Å². The Hall–Kier alpha value is -0.610. The first-order chi connectivity index (χ1) is 8.63. The summed E-state index contributed by atoms with van der Waals surface area (Å²) in [7, 11) is 0. The SMILES string of the molecule is CCCC[C@H](C)C[C@@H](OC1CCCCO1)C(=O)O. The molecule has 4 nitrogen and oxygen atoms in total. The van der Waals surface area contributed by atoms with E-state index in [1.165, 1.54) is 0 Å². The molecular formula is C14H26O4. The quantitative estimate of drug-likeness (QED) is 0.726. The number of aliphatic carboxylic acids is 1. The maximum atomic E-state index is 11.2. The summed E-state index contributed by atoms with van der Waals surface area (Å²) < 4.78 is 11.0. The molecule has 0 aromatic rings. The molecule has 4 heteroatoms. The Morgan fingerprint density at radius 3 is 2.83 bits per heavy atom. The second kappa shape index (κ2) is 8.48. The Morgan fingerprint density at radius 2 is 2.28 bits per heavy atom. The summed E-state index contributed by atoms with van der Waals surface area (Å²) in [4.78, 5) is 11.2. The number of carboxylic acid groups (broad SMARTS) is 1. The molecule has 1 aliphatic heterocycles. The largest absolute Gasteiger partial charge is 0.479 e. The first-order valence-electron chi connectivity index (χ1n) is 7.13. The van der Waals surface area contributed by atoms with Gasteiger partial charge in [0.1, 0.15) is 0 Å². The average Bonchev–Trinajstić information content (AvgIpc) is 2.36. The molecular weight excluding hydrogens is 232 g/mol. The second-order valence-corrected chi connectivity index (χ2v) is 5.24. The highest BCUT2D eigenvalue weighted by Gasteiger charge is 2.26. The van der Waals surface area contributed by atoms with Crippen LogP contribution in [0.4, 0.5) is 0 Å². The van der Waals surface area contributed by atoms with E-state index in [0.717, 1.165) is 38.5 Å². The molecule has 1 rings (SSSR count). The van der Waals surface area contributed by atoms with Crippen molar-refractivity contribution < 1.29 is 19.4 Å². The predicted molar refractivity (Wildman–Crippen MR) is 69.4 cm³/mol. The highest BCUT2D eigenvalue weighted by atomic mass is 16.7. The first kappa shape index (κ1) is 15.4. The van der Waals surface area contributed by atoms with Gasteiger partial charge in [0.15, 0.2) is 12.4 Å². The maximum absolute atomic E-state index is 11.2. The maximum Gasteiger partial charge on any atom is 0.332 e. The Balaban J connectivity index is 2.36. The smallest absolute Gasteiger partial charge is 0.332 e. The van der Waals surface area contributed by atoms with Crippen LogP contribution in [-0.4, -0.2) is 30.1 Å². The average molecular weight is 258 g/mol. The lowest BCUT2D eigenvalue weighted by molar-refractivity contribution is -0.203. The number of ether oxygens (including phenoxy) is 2. The highest BCUT2D eigenvalue weighted by Crippen LogP contribution is 2.21. The van der Waals surface area contributed by atoms with Crippen LogP contribution < -0.4 is 0 Å². The van der Waals surface area contributed by atoms with Crippen LogP contribution in [0, 0.1) is 5.92 Å². The van der Waals surface area contributed by atoms with Gasteiger partial charge < -0.3 is 14.6 Å². The predicted octanol–water partition coefficient (Wildman–Crippen LogP) is 3.20. The van der Waals surface area contributed by atoms with E-state index in [1.807, 2.05) is 0 Å². The second-order valence-electron chi connectivity index (χ2n) is 5.24. The third-order valence-electron chi connectivity index (χ3n) is 3.40. The first-order valence-corrected chi connectivity index (χ1v) is 7.13. The van der Waals surface area contributed by atoms with Gasteiger partial charge in [0.05, 0.1) is 0 Å². The molecule has 1 heterocycles. The molecule has 1 aliphatic rings. The zero-order chi connectivity index (χ0) is 13.4. The Bertz CT molecular complexity index is 236. The van der Waals surface area contributed by atoms with Crippen molar-refractivity contribution in [3.63, 3.8) is 0 Å². The topological polar surface area (TPSA) is 55.8 Å². The molecule has 0 saturated carbocycles. The standard InChI is InChI=1S/C14H26O4/c1-3-4-7-11(2)10-12(14(15)16)18-13-8-5-6-9-17-13/h11-13H,3-10H2,1-2H3,(H,15,16)/t11-,12+,13?/m0/s1.